The number of thiazole rings is 1. The highest BCUT2D eigenvalue weighted by molar-refractivity contribution is 7.15. The molecular formula is C12H5F3N2OS. The molecule has 0 aliphatic rings. The van der Waals surface area contributed by atoms with Gasteiger partial charge in [0.25, 0.3) is 0 Å². The Morgan fingerprint density at radius 3 is 2.63 bits per heavy atom. The van der Waals surface area contributed by atoms with E-state index in [0.29, 0.717) is 23.4 Å². The Bertz CT molecular complexity index is 794. The Balaban J connectivity index is 2.32. The molecule has 0 unspecified atom stereocenters. The second-order valence-electron chi connectivity index (χ2n) is 3.77. The first-order valence-corrected chi connectivity index (χ1v) is 6.05. The van der Waals surface area contributed by atoms with E-state index in [2.05, 4.69) is 4.98 Å². The van der Waals surface area contributed by atoms with Gasteiger partial charge in [-0.1, -0.05) is 0 Å². The van der Waals surface area contributed by atoms with Gasteiger partial charge in [-0.15, -0.1) is 11.3 Å². The molecule has 0 spiro atoms. The van der Waals surface area contributed by atoms with Crippen molar-refractivity contribution in [2.75, 3.05) is 0 Å². The molecule has 0 N–H and O–H groups in total. The average molecular weight is 282 g/mol. The highest BCUT2D eigenvalue weighted by atomic mass is 32.1. The minimum absolute atomic E-state index is 0.00162. The highest BCUT2D eigenvalue weighted by Crippen LogP contribution is 2.29. The Morgan fingerprint density at radius 2 is 1.89 bits per heavy atom. The molecule has 3 nitrogen and oxygen atoms in total. The molecule has 3 aromatic rings. The van der Waals surface area contributed by atoms with E-state index in [4.69, 9.17) is 0 Å². The molecule has 0 fully saturated rings. The number of halogens is 3. The zero-order valence-electron chi connectivity index (χ0n) is 9.23. The fourth-order valence-electron chi connectivity index (χ4n) is 1.82. The second kappa shape index (κ2) is 4.20. The lowest BCUT2D eigenvalue weighted by Gasteiger charge is -2.02. The Hall–Kier alpha value is -2.15. The zero-order valence-corrected chi connectivity index (χ0v) is 10.0. The largest absolute Gasteiger partial charge is 0.296 e. The van der Waals surface area contributed by atoms with Crippen LogP contribution in [0.15, 0.2) is 23.7 Å². The highest BCUT2D eigenvalue weighted by Gasteiger charge is 2.19. The van der Waals surface area contributed by atoms with E-state index >= 15 is 0 Å². The third-order valence-electron chi connectivity index (χ3n) is 2.68. The van der Waals surface area contributed by atoms with Crippen LogP contribution in [0.2, 0.25) is 0 Å². The third kappa shape index (κ3) is 1.74. The van der Waals surface area contributed by atoms with Crippen LogP contribution in [0, 0.1) is 17.5 Å². The molecule has 0 atom stereocenters. The van der Waals surface area contributed by atoms with Crippen molar-refractivity contribution in [1.82, 2.24) is 9.38 Å². The zero-order chi connectivity index (χ0) is 13.6. The molecule has 7 heteroatoms. The number of aromatic nitrogens is 2. The predicted molar refractivity (Wildman–Crippen MR) is 63.8 cm³/mol. The maximum absolute atomic E-state index is 13.7. The molecule has 0 aliphatic heterocycles. The molecule has 2 aromatic heterocycles. The van der Waals surface area contributed by atoms with Gasteiger partial charge in [0.2, 0.25) is 0 Å². The van der Waals surface area contributed by atoms with Gasteiger partial charge in [0, 0.05) is 23.2 Å². The van der Waals surface area contributed by atoms with Gasteiger partial charge in [-0.25, -0.2) is 18.2 Å². The monoisotopic (exact) mass is 282 g/mol. The number of carbonyl (C=O) groups excluding carboxylic acids is 1. The first kappa shape index (κ1) is 11.9. The maximum atomic E-state index is 13.7. The molecule has 0 amide bonds. The van der Waals surface area contributed by atoms with Crippen LogP contribution in [0.1, 0.15) is 10.5 Å². The first-order valence-electron chi connectivity index (χ1n) is 5.17. The van der Waals surface area contributed by atoms with Gasteiger partial charge in [-0.2, -0.15) is 0 Å². The number of imidazole rings is 1. The third-order valence-corrected chi connectivity index (χ3v) is 3.43. The van der Waals surface area contributed by atoms with Gasteiger partial charge in [0.1, 0.15) is 17.2 Å². The van der Waals surface area contributed by atoms with E-state index in [0.717, 1.165) is 0 Å². The van der Waals surface area contributed by atoms with Crippen LogP contribution in [-0.2, 0) is 0 Å². The van der Waals surface area contributed by atoms with Gasteiger partial charge in [0.05, 0.1) is 0 Å². The number of nitrogens with zero attached hydrogens (tertiary/aromatic N) is 2. The molecule has 19 heavy (non-hydrogen) atoms. The van der Waals surface area contributed by atoms with Crippen molar-refractivity contribution in [3.63, 3.8) is 0 Å². The standard InChI is InChI=1S/C12H5F3N2OS/c13-7-4-9(15)8(14)3-6(7)11-10(5-18)17-1-2-19-12(17)16-11/h1-5H. The molecule has 3 rings (SSSR count). The SMILES string of the molecule is O=Cc1c(-c2cc(F)c(F)cc2F)nc2sccn12. The summed E-state index contributed by atoms with van der Waals surface area (Å²) in [6.07, 6.45) is 2.10. The summed E-state index contributed by atoms with van der Waals surface area (Å²) in [7, 11) is 0. The molecule has 0 bridgehead atoms. The van der Waals surface area contributed by atoms with Gasteiger partial charge >= 0.3 is 0 Å². The van der Waals surface area contributed by atoms with Crippen LogP contribution in [0.4, 0.5) is 13.2 Å². The van der Waals surface area contributed by atoms with Crippen molar-refractivity contribution >= 4 is 22.6 Å². The molecule has 0 aliphatic carbocycles. The predicted octanol–water partition coefficient (Wildman–Crippen LogP) is 3.29. The van der Waals surface area contributed by atoms with Crippen LogP contribution in [0.5, 0.6) is 0 Å². The first-order chi connectivity index (χ1) is 9.11. The quantitative estimate of drug-likeness (QED) is 0.534. The van der Waals surface area contributed by atoms with Crippen LogP contribution < -0.4 is 0 Å². The lowest BCUT2D eigenvalue weighted by atomic mass is 10.1. The van der Waals surface area contributed by atoms with Crippen molar-refractivity contribution in [2.24, 2.45) is 0 Å². The van der Waals surface area contributed by atoms with Gasteiger partial charge in [-0.3, -0.25) is 9.20 Å². The van der Waals surface area contributed by atoms with Gasteiger partial charge in [0.15, 0.2) is 22.9 Å². The molecule has 96 valence electrons. The molecular weight excluding hydrogens is 277 g/mol. The fourth-order valence-corrected chi connectivity index (χ4v) is 2.54. The van der Waals surface area contributed by atoms with Crippen molar-refractivity contribution in [3.8, 4) is 11.3 Å². The number of benzene rings is 1. The lowest BCUT2D eigenvalue weighted by molar-refractivity contribution is 0.111. The second-order valence-corrected chi connectivity index (χ2v) is 4.64. The summed E-state index contributed by atoms with van der Waals surface area (Å²) >= 11 is 1.25. The number of hydrogen-bond acceptors (Lipinski definition) is 3. The number of hydrogen-bond donors (Lipinski definition) is 0. The van der Waals surface area contributed by atoms with Crippen molar-refractivity contribution in [1.29, 1.82) is 0 Å². The van der Waals surface area contributed by atoms with Crippen LogP contribution in [0.25, 0.3) is 16.2 Å². The smallest absolute Gasteiger partial charge is 0.194 e. The summed E-state index contributed by atoms with van der Waals surface area (Å²) in [6.45, 7) is 0. The summed E-state index contributed by atoms with van der Waals surface area (Å²) in [5.41, 5.74) is -0.142. The fraction of sp³-hybridized carbons (Fsp3) is 0. The Kier molecular flexibility index (Phi) is 2.63. The van der Waals surface area contributed by atoms with Crippen LogP contribution in [-0.4, -0.2) is 15.7 Å². The number of carbonyl (C=O) groups is 1. The molecule has 0 radical (unpaired) electrons. The molecule has 1 aromatic carbocycles. The Labute approximate surface area is 108 Å². The van der Waals surface area contributed by atoms with E-state index in [-0.39, 0.29) is 17.0 Å². The average Bonchev–Trinajstić information content (AvgIpc) is 2.93. The summed E-state index contributed by atoms with van der Waals surface area (Å²) in [6, 6.07) is 1.14. The number of rotatable bonds is 2. The van der Waals surface area contributed by atoms with E-state index < -0.39 is 17.5 Å². The summed E-state index contributed by atoms with van der Waals surface area (Å²) in [4.78, 5) is 15.6. The number of fused-ring (bicyclic) bond motifs is 1. The summed E-state index contributed by atoms with van der Waals surface area (Å²) < 4.78 is 41.3. The van der Waals surface area contributed by atoms with Gasteiger partial charge < -0.3 is 0 Å². The summed E-state index contributed by atoms with van der Waals surface area (Å²) in [5.74, 6) is -3.44. The summed E-state index contributed by atoms with van der Waals surface area (Å²) in [5, 5.41) is 1.71. The van der Waals surface area contributed by atoms with E-state index in [1.54, 1.807) is 11.6 Å². The van der Waals surface area contributed by atoms with Gasteiger partial charge in [-0.05, 0) is 6.07 Å². The van der Waals surface area contributed by atoms with Crippen LogP contribution >= 0.6 is 11.3 Å². The van der Waals surface area contributed by atoms with E-state index in [1.165, 1.54) is 15.7 Å². The molecule has 0 saturated carbocycles. The lowest BCUT2D eigenvalue weighted by Crippen LogP contribution is -1.95. The normalized spacial score (nSPS) is 11.1. The van der Waals surface area contributed by atoms with E-state index in [1.807, 2.05) is 0 Å². The minimum Gasteiger partial charge on any atom is -0.296 e. The van der Waals surface area contributed by atoms with Crippen molar-refractivity contribution < 1.29 is 18.0 Å². The van der Waals surface area contributed by atoms with E-state index in [9.17, 15) is 18.0 Å². The van der Waals surface area contributed by atoms with Crippen LogP contribution in [0.3, 0.4) is 0 Å². The number of aldehydes is 1. The van der Waals surface area contributed by atoms with Crippen molar-refractivity contribution in [3.05, 3.63) is 46.9 Å². The molecule has 2 heterocycles. The minimum atomic E-state index is -1.28. The maximum Gasteiger partial charge on any atom is 0.194 e. The molecule has 0 saturated heterocycles. The Morgan fingerprint density at radius 1 is 1.16 bits per heavy atom. The topological polar surface area (TPSA) is 34.4 Å². The van der Waals surface area contributed by atoms with Crippen molar-refractivity contribution in [2.45, 2.75) is 0 Å².